The van der Waals surface area contributed by atoms with E-state index in [1.807, 2.05) is 27.7 Å². The molecule has 19 heavy (non-hydrogen) atoms. The predicted molar refractivity (Wildman–Crippen MR) is 75.0 cm³/mol. The zero-order chi connectivity index (χ0) is 14.4. The Labute approximate surface area is 115 Å². The summed E-state index contributed by atoms with van der Waals surface area (Å²) >= 11 is 0. The van der Waals surface area contributed by atoms with Gasteiger partial charge in [-0.3, -0.25) is 4.98 Å². The van der Waals surface area contributed by atoms with Gasteiger partial charge < -0.3 is 14.9 Å². The summed E-state index contributed by atoms with van der Waals surface area (Å²) < 4.78 is 5.54. The smallest absolute Gasteiger partial charge is 0.138 e. The molecule has 1 aromatic heterocycles. The van der Waals surface area contributed by atoms with Crippen LogP contribution in [0.5, 0.6) is 5.75 Å². The second kappa shape index (κ2) is 7.46. The number of pyridine rings is 1. The molecule has 1 aromatic rings. The normalized spacial score (nSPS) is 14.7. The molecule has 2 atom stereocenters. The van der Waals surface area contributed by atoms with E-state index in [0.717, 1.165) is 12.8 Å². The molecule has 1 rings (SSSR count). The van der Waals surface area contributed by atoms with Crippen LogP contribution in [0.2, 0.25) is 0 Å². The average molecular weight is 267 g/mol. The first-order valence-electron chi connectivity index (χ1n) is 6.97. The van der Waals surface area contributed by atoms with Crippen LogP contribution in [0.15, 0.2) is 18.5 Å². The molecule has 0 aliphatic heterocycles. The summed E-state index contributed by atoms with van der Waals surface area (Å²) in [4.78, 5) is 4.06. The van der Waals surface area contributed by atoms with E-state index >= 15 is 0 Å². The third-order valence-electron chi connectivity index (χ3n) is 3.30. The fourth-order valence-corrected chi connectivity index (χ4v) is 2.16. The summed E-state index contributed by atoms with van der Waals surface area (Å²) in [6.45, 7) is 7.89. The highest BCUT2D eigenvalue weighted by Gasteiger charge is 2.25. The van der Waals surface area contributed by atoms with Crippen LogP contribution in [0.4, 0.5) is 0 Å². The van der Waals surface area contributed by atoms with Gasteiger partial charge in [-0.2, -0.15) is 0 Å². The number of ether oxygens (including phenoxy) is 1. The standard InChI is InChI=1S/C15H25NO3/c1-5-11(6-2)14(17)15(18)12-7-13(9-16-8-12)19-10(3)4/h7-11,14-15,17-18H,5-6H2,1-4H3. The molecule has 0 saturated heterocycles. The van der Waals surface area contributed by atoms with Gasteiger partial charge in [-0.15, -0.1) is 0 Å². The van der Waals surface area contributed by atoms with Crippen molar-refractivity contribution in [3.8, 4) is 5.75 Å². The van der Waals surface area contributed by atoms with Crippen LogP contribution >= 0.6 is 0 Å². The molecule has 0 amide bonds. The molecular formula is C15H25NO3. The van der Waals surface area contributed by atoms with Crippen molar-refractivity contribution in [2.24, 2.45) is 5.92 Å². The Morgan fingerprint density at radius 3 is 2.32 bits per heavy atom. The molecule has 4 nitrogen and oxygen atoms in total. The Hall–Kier alpha value is -1.13. The van der Waals surface area contributed by atoms with Crippen LogP contribution in [0.3, 0.4) is 0 Å². The maximum absolute atomic E-state index is 10.2. The maximum atomic E-state index is 10.2. The maximum Gasteiger partial charge on any atom is 0.138 e. The fourth-order valence-electron chi connectivity index (χ4n) is 2.16. The highest BCUT2D eigenvalue weighted by atomic mass is 16.5. The van der Waals surface area contributed by atoms with Crippen molar-refractivity contribution in [1.82, 2.24) is 4.98 Å². The van der Waals surface area contributed by atoms with Gasteiger partial charge in [-0.25, -0.2) is 0 Å². The third-order valence-corrected chi connectivity index (χ3v) is 3.30. The Kier molecular flexibility index (Phi) is 6.25. The van der Waals surface area contributed by atoms with Gasteiger partial charge in [0.25, 0.3) is 0 Å². The number of aromatic nitrogens is 1. The van der Waals surface area contributed by atoms with Crippen LogP contribution in [0, 0.1) is 5.92 Å². The molecular weight excluding hydrogens is 242 g/mol. The molecule has 0 saturated carbocycles. The van der Waals surface area contributed by atoms with Gasteiger partial charge in [0.2, 0.25) is 0 Å². The second-order valence-electron chi connectivity index (χ2n) is 5.13. The average Bonchev–Trinajstić information content (AvgIpc) is 2.38. The molecule has 0 aliphatic carbocycles. The van der Waals surface area contributed by atoms with Gasteiger partial charge in [0.05, 0.1) is 18.4 Å². The van der Waals surface area contributed by atoms with E-state index < -0.39 is 12.2 Å². The molecule has 0 spiro atoms. The number of aliphatic hydroxyl groups is 2. The Morgan fingerprint density at radius 2 is 1.79 bits per heavy atom. The molecule has 0 radical (unpaired) electrons. The number of rotatable bonds is 7. The molecule has 2 N–H and O–H groups in total. The SMILES string of the molecule is CCC(CC)C(O)C(O)c1cncc(OC(C)C)c1. The van der Waals surface area contributed by atoms with Gasteiger partial charge in [0, 0.05) is 11.8 Å². The minimum Gasteiger partial charge on any atom is -0.489 e. The number of aliphatic hydroxyl groups excluding tert-OH is 2. The van der Waals surface area contributed by atoms with E-state index in [-0.39, 0.29) is 12.0 Å². The van der Waals surface area contributed by atoms with Crippen molar-refractivity contribution in [3.05, 3.63) is 24.0 Å². The lowest BCUT2D eigenvalue weighted by Gasteiger charge is -2.25. The summed E-state index contributed by atoms with van der Waals surface area (Å²) in [5.41, 5.74) is 0.595. The summed E-state index contributed by atoms with van der Waals surface area (Å²) in [7, 11) is 0. The van der Waals surface area contributed by atoms with E-state index in [4.69, 9.17) is 4.74 Å². The molecule has 0 aromatic carbocycles. The van der Waals surface area contributed by atoms with E-state index in [2.05, 4.69) is 4.98 Å². The monoisotopic (exact) mass is 267 g/mol. The highest BCUT2D eigenvalue weighted by Crippen LogP contribution is 2.27. The Morgan fingerprint density at radius 1 is 1.16 bits per heavy atom. The first-order chi connectivity index (χ1) is 8.99. The molecule has 0 fully saturated rings. The summed E-state index contributed by atoms with van der Waals surface area (Å²) in [6, 6.07) is 1.74. The van der Waals surface area contributed by atoms with Gasteiger partial charge in [-0.05, 0) is 25.8 Å². The third kappa shape index (κ3) is 4.48. The summed E-state index contributed by atoms with van der Waals surface area (Å²) in [5.74, 6) is 0.702. The molecule has 0 aliphatic rings. The van der Waals surface area contributed by atoms with Crippen molar-refractivity contribution < 1.29 is 14.9 Å². The zero-order valence-electron chi connectivity index (χ0n) is 12.2. The van der Waals surface area contributed by atoms with Crippen LogP contribution in [0.25, 0.3) is 0 Å². The van der Waals surface area contributed by atoms with Gasteiger partial charge in [0.15, 0.2) is 0 Å². The Bertz CT molecular complexity index is 377. The number of hydrogen-bond acceptors (Lipinski definition) is 4. The van der Waals surface area contributed by atoms with Crippen molar-refractivity contribution in [2.75, 3.05) is 0 Å². The zero-order valence-corrected chi connectivity index (χ0v) is 12.2. The summed E-state index contributed by atoms with van der Waals surface area (Å²) in [6.07, 6.45) is 3.22. The van der Waals surface area contributed by atoms with Crippen LogP contribution < -0.4 is 4.74 Å². The molecule has 4 heteroatoms. The van der Waals surface area contributed by atoms with Crippen molar-refractivity contribution >= 4 is 0 Å². The molecule has 2 unspecified atom stereocenters. The van der Waals surface area contributed by atoms with E-state index in [0.29, 0.717) is 11.3 Å². The summed E-state index contributed by atoms with van der Waals surface area (Å²) in [5, 5.41) is 20.4. The minimum absolute atomic E-state index is 0.0538. The fraction of sp³-hybridized carbons (Fsp3) is 0.667. The van der Waals surface area contributed by atoms with Gasteiger partial charge in [0.1, 0.15) is 11.9 Å². The second-order valence-corrected chi connectivity index (χ2v) is 5.13. The topological polar surface area (TPSA) is 62.6 Å². The largest absolute Gasteiger partial charge is 0.489 e. The van der Waals surface area contributed by atoms with Crippen LogP contribution in [0.1, 0.15) is 52.2 Å². The molecule has 0 bridgehead atoms. The van der Waals surface area contributed by atoms with E-state index in [1.165, 1.54) is 0 Å². The minimum atomic E-state index is -0.923. The van der Waals surface area contributed by atoms with Crippen molar-refractivity contribution in [2.45, 2.75) is 58.8 Å². The van der Waals surface area contributed by atoms with Crippen molar-refractivity contribution in [3.63, 3.8) is 0 Å². The van der Waals surface area contributed by atoms with E-state index in [1.54, 1.807) is 18.5 Å². The number of hydrogen-bond donors (Lipinski definition) is 2. The van der Waals surface area contributed by atoms with Gasteiger partial charge >= 0.3 is 0 Å². The van der Waals surface area contributed by atoms with Crippen LogP contribution in [-0.2, 0) is 0 Å². The first-order valence-corrected chi connectivity index (χ1v) is 6.97. The van der Waals surface area contributed by atoms with Crippen molar-refractivity contribution in [1.29, 1.82) is 0 Å². The van der Waals surface area contributed by atoms with E-state index in [9.17, 15) is 10.2 Å². The highest BCUT2D eigenvalue weighted by molar-refractivity contribution is 5.26. The lowest BCUT2D eigenvalue weighted by atomic mass is 9.90. The Balaban J connectivity index is 2.83. The first kappa shape index (κ1) is 15.9. The molecule has 108 valence electrons. The lowest BCUT2D eigenvalue weighted by Crippen LogP contribution is -2.27. The lowest BCUT2D eigenvalue weighted by molar-refractivity contribution is -0.0212. The van der Waals surface area contributed by atoms with Crippen LogP contribution in [-0.4, -0.2) is 27.4 Å². The predicted octanol–water partition coefficient (Wildman–Crippen LogP) is 2.70. The molecule has 1 heterocycles. The number of nitrogens with zero attached hydrogens (tertiary/aromatic N) is 1. The van der Waals surface area contributed by atoms with Gasteiger partial charge in [-0.1, -0.05) is 26.7 Å². The quantitative estimate of drug-likeness (QED) is 0.797.